The molecule has 2 aromatic heterocycles. The molecule has 3 rings (SSSR count). The lowest BCUT2D eigenvalue weighted by atomic mass is 9.92. The number of hydrogen-bond acceptors (Lipinski definition) is 10. The number of hydrogen-bond donors (Lipinski definition) is 4. The van der Waals surface area contributed by atoms with Gasteiger partial charge in [-0.1, -0.05) is 25.7 Å². The number of nitrogens with one attached hydrogen (secondary N) is 2. The predicted molar refractivity (Wildman–Crippen MR) is 122 cm³/mol. The van der Waals surface area contributed by atoms with E-state index in [-0.39, 0.29) is 36.4 Å². The molecule has 14 heteroatoms. The number of nitrogen functional groups attached to an aromatic ring is 1. The molecular weight excluding hydrogens is 475 g/mol. The van der Waals surface area contributed by atoms with Crippen LogP contribution in [-0.2, 0) is 16.1 Å². The average molecular weight is 501 g/mol. The molecule has 1 saturated carbocycles. The van der Waals surface area contributed by atoms with Gasteiger partial charge in [0.05, 0.1) is 24.7 Å². The fraction of sp³-hybridized carbons (Fsp3) is 0.526. The van der Waals surface area contributed by atoms with Gasteiger partial charge in [-0.15, -0.1) is 11.3 Å². The number of anilines is 3. The normalized spacial score (nSPS) is 14.7. The molecular formula is C19H26ClFN8O3S. The minimum atomic E-state index is -0.825. The van der Waals surface area contributed by atoms with Gasteiger partial charge in [-0.25, -0.2) is 10.0 Å². The zero-order valence-corrected chi connectivity index (χ0v) is 19.6. The van der Waals surface area contributed by atoms with Crippen molar-refractivity contribution in [2.75, 3.05) is 29.7 Å². The minimum Gasteiger partial charge on any atom is -0.375 e. The first-order valence-electron chi connectivity index (χ1n) is 10.4. The molecule has 0 aliphatic heterocycles. The molecule has 180 valence electrons. The molecule has 5 N–H and O–H groups in total. The van der Waals surface area contributed by atoms with Gasteiger partial charge in [-0.3, -0.25) is 25.6 Å². The number of carbonyl (C=O) groups is 2. The van der Waals surface area contributed by atoms with Crippen LogP contribution in [0.5, 0.6) is 0 Å². The summed E-state index contributed by atoms with van der Waals surface area (Å²) in [4.78, 5) is 37.0. The fourth-order valence-corrected chi connectivity index (χ4v) is 4.58. The van der Waals surface area contributed by atoms with Crippen molar-refractivity contribution in [1.82, 2.24) is 25.4 Å². The van der Waals surface area contributed by atoms with Gasteiger partial charge in [0, 0.05) is 12.4 Å². The highest BCUT2D eigenvalue weighted by molar-refractivity contribution is 7.13. The minimum absolute atomic E-state index is 0.0942. The van der Waals surface area contributed by atoms with Gasteiger partial charge in [0.2, 0.25) is 23.4 Å². The molecule has 11 nitrogen and oxygen atoms in total. The summed E-state index contributed by atoms with van der Waals surface area (Å²) in [7, 11) is 1.60. The predicted octanol–water partition coefficient (Wildman–Crippen LogP) is 2.43. The van der Waals surface area contributed by atoms with Crippen LogP contribution in [0.3, 0.4) is 0 Å². The van der Waals surface area contributed by atoms with E-state index in [1.165, 1.54) is 16.2 Å². The standard InChI is InChI=1S/C19H26ClFN8O3S/c1-28(8-13-9-33-19(22)23-13)16-14(21)15(24-18(20)25-16)26-27-17(31)12(7-29(32)10-30)6-11-4-2-3-5-11/h9-12,32H,2-8H2,1H3,(H2,22,23)(H,27,31)(H,24,25,26). The second-order valence-electron chi connectivity index (χ2n) is 7.94. The van der Waals surface area contributed by atoms with Crippen molar-refractivity contribution in [2.45, 2.75) is 38.6 Å². The molecule has 0 saturated heterocycles. The molecule has 0 aromatic carbocycles. The van der Waals surface area contributed by atoms with E-state index in [4.69, 9.17) is 17.3 Å². The van der Waals surface area contributed by atoms with Crippen LogP contribution < -0.4 is 21.5 Å². The van der Waals surface area contributed by atoms with E-state index in [0.717, 1.165) is 25.7 Å². The summed E-state index contributed by atoms with van der Waals surface area (Å²) in [6.45, 7) is 0.0521. The largest absolute Gasteiger partial charge is 0.375 e. The second-order valence-corrected chi connectivity index (χ2v) is 9.16. The summed E-state index contributed by atoms with van der Waals surface area (Å²) >= 11 is 7.24. The fourth-order valence-electron chi connectivity index (χ4n) is 3.86. The number of thiazole rings is 1. The Morgan fingerprint density at radius 2 is 2.15 bits per heavy atom. The van der Waals surface area contributed by atoms with Crippen LogP contribution in [0.15, 0.2) is 5.38 Å². The maximum Gasteiger partial charge on any atom is 0.243 e. The molecule has 1 aliphatic rings. The molecule has 0 bridgehead atoms. The van der Waals surface area contributed by atoms with E-state index in [0.29, 0.717) is 28.2 Å². The summed E-state index contributed by atoms with van der Waals surface area (Å²) in [5, 5.41) is 11.9. The maximum absolute atomic E-state index is 15.1. The first-order valence-corrected chi connectivity index (χ1v) is 11.6. The third-order valence-electron chi connectivity index (χ3n) is 5.43. The molecule has 1 fully saturated rings. The number of amides is 2. The molecule has 0 radical (unpaired) electrons. The number of rotatable bonds is 11. The van der Waals surface area contributed by atoms with Crippen LogP contribution in [0.25, 0.3) is 0 Å². The first kappa shape index (κ1) is 24.9. The number of nitrogens with zero attached hydrogens (tertiary/aromatic N) is 5. The Morgan fingerprint density at radius 1 is 1.42 bits per heavy atom. The number of aromatic nitrogens is 3. The van der Waals surface area contributed by atoms with Crippen molar-refractivity contribution in [3.63, 3.8) is 0 Å². The summed E-state index contributed by atoms with van der Waals surface area (Å²) in [5.74, 6) is -2.11. The Bertz CT molecular complexity index is 975. The molecule has 1 aliphatic carbocycles. The SMILES string of the molecule is CN(Cc1csc(N)n1)c1nc(Cl)nc(NNC(=O)C(CC2CCCC2)CN(O)C=O)c1F. The van der Waals surface area contributed by atoms with Gasteiger partial charge in [-0.05, 0) is 23.9 Å². The Labute approximate surface area is 199 Å². The molecule has 1 unspecified atom stereocenters. The first-order chi connectivity index (χ1) is 15.8. The zero-order chi connectivity index (χ0) is 24.0. The van der Waals surface area contributed by atoms with Gasteiger partial charge in [0.1, 0.15) is 0 Å². The molecule has 2 heterocycles. The molecule has 0 spiro atoms. The quantitative estimate of drug-likeness (QED) is 0.158. The number of hydroxylamine groups is 2. The average Bonchev–Trinajstić information content (AvgIpc) is 3.44. The lowest BCUT2D eigenvalue weighted by Crippen LogP contribution is -2.41. The van der Waals surface area contributed by atoms with Crippen molar-refractivity contribution >= 4 is 52.0 Å². The topological polar surface area (TPSA) is 150 Å². The van der Waals surface area contributed by atoms with Gasteiger partial charge in [0.15, 0.2) is 16.8 Å². The lowest BCUT2D eigenvalue weighted by Gasteiger charge is -2.23. The highest BCUT2D eigenvalue weighted by atomic mass is 35.5. The summed E-state index contributed by atoms with van der Waals surface area (Å²) < 4.78 is 15.1. The van der Waals surface area contributed by atoms with Crippen molar-refractivity contribution < 1.29 is 19.2 Å². The second kappa shape index (κ2) is 11.4. The highest BCUT2D eigenvalue weighted by Gasteiger charge is 2.27. The summed E-state index contributed by atoms with van der Waals surface area (Å²) in [6.07, 6.45) is 4.88. The Kier molecular flexibility index (Phi) is 8.58. The van der Waals surface area contributed by atoms with Crippen LogP contribution in [0.2, 0.25) is 5.28 Å². The van der Waals surface area contributed by atoms with Crippen molar-refractivity contribution in [2.24, 2.45) is 11.8 Å². The third-order valence-corrected chi connectivity index (χ3v) is 6.33. The lowest BCUT2D eigenvalue weighted by molar-refractivity contribution is -0.154. The number of hydrazine groups is 1. The molecule has 2 aromatic rings. The zero-order valence-electron chi connectivity index (χ0n) is 18.0. The van der Waals surface area contributed by atoms with E-state index in [1.54, 1.807) is 12.4 Å². The highest BCUT2D eigenvalue weighted by Crippen LogP contribution is 2.31. The number of nitrogens with two attached hydrogens (primary N) is 1. The van der Waals surface area contributed by atoms with Crippen LogP contribution in [-0.4, -0.2) is 51.1 Å². The van der Waals surface area contributed by atoms with Crippen LogP contribution in [0.4, 0.5) is 21.2 Å². The maximum atomic E-state index is 15.1. The van der Waals surface area contributed by atoms with Crippen molar-refractivity contribution in [1.29, 1.82) is 0 Å². The smallest absolute Gasteiger partial charge is 0.243 e. The van der Waals surface area contributed by atoms with Crippen molar-refractivity contribution in [3.05, 3.63) is 22.2 Å². The summed E-state index contributed by atoms with van der Waals surface area (Å²) in [5.41, 5.74) is 11.1. The Morgan fingerprint density at radius 3 is 2.79 bits per heavy atom. The van der Waals surface area contributed by atoms with Gasteiger partial charge < -0.3 is 10.6 Å². The van der Waals surface area contributed by atoms with Gasteiger partial charge in [0.25, 0.3) is 0 Å². The van der Waals surface area contributed by atoms with Crippen molar-refractivity contribution in [3.8, 4) is 0 Å². The number of halogens is 2. The van der Waals surface area contributed by atoms with E-state index >= 15 is 4.39 Å². The summed E-state index contributed by atoms with van der Waals surface area (Å²) in [6, 6.07) is 0. The third kappa shape index (κ3) is 6.85. The monoisotopic (exact) mass is 500 g/mol. The van der Waals surface area contributed by atoms with Gasteiger partial charge >= 0.3 is 0 Å². The molecule has 2 amide bonds. The van der Waals surface area contributed by atoms with Crippen LogP contribution in [0, 0.1) is 17.7 Å². The van der Waals surface area contributed by atoms with E-state index in [1.807, 2.05) is 0 Å². The Hall–Kier alpha value is -2.77. The van der Waals surface area contributed by atoms with Crippen LogP contribution >= 0.6 is 22.9 Å². The van der Waals surface area contributed by atoms with E-state index < -0.39 is 17.6 Å². The van der Waals surface area contributed by atoms with E-state index in [9.17, 15) is 14.8 Å². The number of carbonyl (C=O) groups excluding carboxylic acids is 2. The van der Waals surface area contributed by atoms with E-state index in [2.05, 4.69) is 25.8 Å². The van der Waals surface area contributed by atoms with Crippen LogP contribution in [0.1, 0.15) is 37.8 Å². The molecule has 33 heavy (non-hydrogen) atoms. The van der Waals surface area contributed by atoms with Gasteiger partial charge in [-0.2, -0.15) is 14.4 Å². The Balaban J connectivity index is 1.69. The molecule has 1 atom stereocenters.